The number of aryl methyl sites for hydroxylation is 2. The van der Waals surface area contributed by atoms with Gasteiger partial charge in [-0.15, -0.1) is 0 Å². The second-order valence-electron chi connectivity index (χ2n) is 7.60. The lowest BCUT2D eigenvalue weighted by Gasteiger charge is -2.13. The van der Waals surface area contributed by atoms with Crippen LogP contribution >= 0.6 is 23.2 Å². The molecule has 2 heterocycles. The number of benzene rings is 2. The van der Waals surface area contributed by atoms with Gasteiger partial charge in [0.05, 0.1) is 6.54 Å². The lowest BCUT2D eigenvalue weighted by molar-refractivity contribution is -0.123. The van der Waals surface area contributed by atoms with Crippen LogP contribution in [0.5, 0.6) is 0 Å². The van der Waals surface area contributed by atoms with Crippen LogP contribution in [0.4, 0.5) is 4.79 Å². The number of carbonyl (C=O) groups is 2. The Morgan fingerprint density at radius 1 is 0.935 bits per heavy atom. The third-order valence-corrected chi connectivity index (χ3v) is 5.89. The van der Waals surface area contributed by atoms with Crippen molar-refractivity contribution in [1.29, 1.82) is 0 Å². The molecular formula is C24H21Cl2N3O2. The number of amides is 3. The van der Waals surface area contributed by atoms with Gasteiger partial charge in [-0.1, -0.05) is 41.4 Å². The highest BCUT2D eigenvalue weighted by Gasteiger charge is 2.33. The topological polar surface area (TPSA) is 54.3 Å². The molecule has 1 saturated heterocycles. The number of rotatable bonds is 4. The number of urea groups is 1. The second-order valence-corrected chi connectivity index (χ2v) is 8.47. The third kappa shape index (κ3) is 4.11. The summed E-state index contributed by atoms with van der Waals surface area (Å²) in [6.07, 6.45) is 1.72. The van der Waals surface area contributed by atoms with Crippen molar-refractivity contribution in [3.8, 4) is 5.69 Å². The van der Waals surface area contributed by atoms with Gasteiger partial charge in [-0.3, -0.25) is 9.69 Å². The molecule has 3 aromatic rings. The summed E-state index contributed by atoms with van der Waals surface area (Å²) >= 11 is 12.1. The zero-order chi connectivity index (χ0) is 22.3. The highest BCUT2D eigenvalue weighted by Crippen LogP contribution is 2.27. The minimum atomic E-state index is -0.439. The molecule has 0 atom stereocenters. The van der Waals surface area contributed by atoms with Gasteiger partial charge >= 0.3 is 6.03 Å². The summed E-state index contributed by atoms with van der Waals surface area (Å²) < 4.78 is 2.10. The summed E-state index contributed by atoms with van der Waals surface area (Å²) in [6, 6.07) is 14.4. The first-order valence-corrected chi connectivity index (χ1v) is 10.5. The molecule has 0 bridgehead atoms. The Morgan fingerprint density at radius 2 is 1.61 bits per heavy atom. The predicted molar refractivity (Wildman–Crippen MR) is 124 cm³/mol. The van der Waals surface area contributed by atoms with E-state index in [0.717, 1.165) is 33.8 Å². The highest BCUT2D eigenvalue weighted by molar-refractivity contribution is 6.31. The number of hydrogen-bond donors (Lipinski definition) is 1. The number of imide groups is 1. The Hall–Kier alpha value is -3.02. The predicted octanol–water partition coefficient (Wildman–Crippen LogP) is 5.80. The highest BCUT2D eigenvalue weighted by atomic mass is 35.5. The average molecular weight is 454 g/mol. The van der Waals surface area contributed by atoms with E-state index in [-0.39, 0.29) is 18.1 Å². The molecular weight excluding hydrogens is 433 g/mol. The summed E-state index contributed by atoms with van der Waals surface area (Å²) in [6.45, 7) is 6.18. The zero-order valence-corrected chi connectivity index (χ0v) is 18.9. The molecule has 2 aromatic carbocycles. The fourth-order valence-corrected chi connectivity index (χ4v) is 4.06. The van der Waals surface area contributed by atoms with E-state index in [1.165, 1.54) is 4.90 Å². The SMILES string of the molecule is Cc1ccc(Cl)cc1-n1c(C)cc(/C=C2\NC(=O)N(Cc3ccc(Cl)cc3)C2=O)c1C. The van der Waals surface area contributed by atoms with Crippen LogP contribution in [0.15, 0.2) is 54.2 Å². The smallest absolute Gasteiger partial charge is 0.318 e. The Kier molecular flexibility index (Phi) is 5.65. The maximum atomic E-state index is 12.9. The van der Waals surface area contributed by atoms with E-state index in [0.29, 0.717) is 10.0 Å². The monoisotopic (exact) mass is 453 g/mol. The third-order valence-electron chi connectivity index (χ3n) is 5.40. The fourth-order valence-electron chi connectivity index (χ4n) is 3.77. The lowest BCUT2D eigenvalue weighted by atomic mass is 10.1. The molecule has 31 heavy (non-hydrogen) atoms. The zero-order valence-electron chi connectivity index (χ0n) is 17.4. The van der Waals surface area contributed by atoms with E-state index in [4.69, 9.17) is 23.2 Å². The molecule has 4 rings (SSSR count). The molecule has 5 nitrogen and oxygen atoms in total. The first-order chi connectivity index (χ1) is 14.7. The van der Waals surface area contributed by atoms with E-state index in [1.807, 2.05) is 45.0 Å². The molecule has 1 N–H and O–H groups in total. The number of nitrogens with one attached hydrogen (secondary N) is 1. The van der Waals surface area contributed by atoms with Gasteiger partial charge < -0.3 is 9.88 Å². The fraction of sp³-hybridized carbons (Fsp3) is 0.167. The van der Waals surface area contributed by atoms with Gasteiger partial charge in [0.15, 0.2) is 0 Å². The summed E-state index contributed by atoms with van der Waals surface area (Å²) in [4.78, 5) is 26.5. The van der Waals surface area contributed by atoms with Crippen LogP contribution in [-0.4, -0.2) is 21.4 Å². The number of hydrogen-bond acceptors (Lipinski definition) is 2. The summed E-state index contributed by atoms with van der Waals surface area (Å²) in [5.41, 5.74) is 5.96. The second kappa shape index (κ2) is 8.25. The number of carbonyl (C=O) groups excluding carboxylic acids is 2. The quantitative estimate of drug-likeness (QED) is 0.400. The number of aromatic nitrogens is 1. The molecule has 1 aliphatic heterocycles. The van der Waals surface area contributed by atoms with Crippen molar-refractivity contribution in [3.63, 3.8) is 0 Å². The van der Waals surface area contributed by atoms with Crippen molar-refractivity contribution in [2.24, 2.45) is 0 Å². The minimum absolute atomic E-state index is 0.180. The molecule has 1 aromatic heterocycles. The minimum Gasteiger partial charge on any atom is -0.318 e. The Balaban J connectivity index is 1.65. The van der Waals surface area contributed by atoms with Crippen molar-refractivity contribution < 1.29 is 9.59 Å². The molecule has 1 fully saturated rings. The van der Waals surface area contributed by atoms with Crippen molar-refractivity contribution in [1.82, 2.24) is 14.8 Å². The van der Waals surface area contributed by atoms with Gasteiger partial charge in [-0.25, -0.2) is 4.79 Å². The van der Waals surface area contributed by atoms with Crippen LogP contribution in [0.3, 0.4) is 0 Å². The first kappa shape index (κ1) is 21.2. The van der Waals surface area contributed by atoms with Gasteiger partial charge in [0, 0.05) is 27.1 Å². The number of nitrogens with zero attached hydrogens (tertiary/aromatic N) is 2. The average Bonchev–Trinajstić information content (AvgIpc) is 3.15. The molecule has 7 heteroatoms. The number of halogens is 2. The Labute approximate surface area is 190 Å². The molecule has 0 spiro atoms. The van der Waals surface area contributed by atoms with E-state index in [2.05, 4.69) is 9.88 Å². The largest absolute Gasteiger partial charge is 0.329 e. The summed E-state index contributed by atoms with van der Waals surface area (Å²) in [5.74, 6) is -0.358. The molecule has 0 aliphatic carbocycles. The van der Waals surface area contributed by atoms with Crippen molar-refractivity contribution in [3.05, 3.63) is 92.4 Å². The molecule has 1 aliphatic rings. The molecule has 3 amide bonds. The molecule has 158 valence electrons. The maximum absolute atomic E-state index is 12.9. The van der Waals surface area contributed by atoms with Gasteiger partial charge in [-0.05, 0) is 73.9 Å². The summed E-state index contributed by atoms with van der Waals surface area (Å²) in [7, 11) is 0. The molecule has 0 unspecified atom stereocenters. The first-order valence-electron chi connectivity index (χ1n) is 9.79. The van der Waals surface area contributed by atoms with Crippen LogP contribution in [0.25, 0.3) is 11.8 Å². The van der Waals surface area contributed by atoms with E-state index in [1.54, 1.807) is 30.3 Å². The summed E-state index contributed by atoms with van der Waals surface area (Å²) in [5, 5.41) is 3.95. The van der Waals surface area contributed by atoms with Gasteiger partial charge in [0.1, 0.15) is 5.70 Å². The van der Waals surface area contributed by atoms with E-state index in [9.17, 15) is 9.59 Å². The van der Waals surface area contributed by atoms with Gasteiger partial charge in [-0.2, -0.15) is 0 Å². The Morgan fingerprint density at radius 3 is 2.32 bits per heavy atom. The van der Waals surface area contributed by atoms with Crippen LogP contribution in [0, 0.1) is 20.8 Å². The van der Waals surface area contributed by atoms with Gasteiger partial charge in [0.25, 0.3) is 5.91 Å². The van der Waals surface area contributed by atoms with Crippen molar-refractivity contribution >= 4 is 41.2 Å². The van der Waals surface area contributed by atoms with Crippen LogP contribution in [0.1, 0.15) is 28.1 Å². The lowest BCUT2D eigenvalue weighted by Crippen LogP contribution is -2.30. The normalized spacial score (nSPS) is 15.1. The molecule has 0 saturated carbocycles. The maximum Gasteiger partial charge on any atom is 0.329 e. The Bertz CT molecular complexity index is 1230. The van der Waals surface area contributed by atoms with Crippen LogP contribution < -0.4 is 5.32 Å². The van der Waals surface area contributed by atoms with Crippen molar-refractivity contribution in [2.75, 3.05) is 0 Å². The van der Waals surface area contributed by atoms with Gasteiger partial charge in [0.2, 0.25) is 0 Å². The molecule has 0 radical (unpaired) electrons. The van der Waals surface area contributed by atoms with Crippen LogP contribution in [-0.2, 0) is 11.3 Å². The standard InChI is InChI=1S/C24H21Cl2N3O2/c1-14-4-7-20(26)12-22(14)29-15(2)10-18(16(29)3)11-21-23(30)28(24(31)27-21)13-17-5-8-19(25)9-6-17/h4-12H,13H2,1-3H3,(H,27,31)/b21-11-. The van der Waals surface area contributed by atoms with Crippen molar-refractivity contribution in [2.45, 2.75) is 27.3 Å². The van der Waals surface area contributed by atoms with Crippen LogP contribution in [0.2, 0.25) is 10.0 Å². The van der Waals surface area contributed by atoms with E-state index >= 15 is 0 Å². The van der Waals surface area contributed by atoms with E-state index < -0.39 is 6.03 Å².